The number of nitrogens with one attached hydrogen (secondary N) is 1. The van der Waals surface area contributed by atoms with Gasteiger partial charge in [0.2, 0.25) is 0 Å². The van der Waals surface area contributed by atoms with Crippen molar-refractivity contribution in [3.63, 3.8) is 0 Å². The van der Waals surface area contributed by atoms with Crippen molar-refractivity contribution in [1.29, 1.82) is 0 Å². The molecule has 0 amide bonds. The number of aromatic nitrogens is 3. The van der Waals surface area contributed by atoms with Gasteiger partial charge in [-0.25, -0.2) is 0 Å². The molecule has 0 atom stereocenters. The Hall–Kier alpha value is -3.44. The lowest BCUT2D eigenvalue weighted by Gasteiger charge is -2.06. The molecule has 1 aromatic heterocycles. The third kappa shape index (κ3) is 4.93. The van der Waals surface area contributed by atoms with Crippen LogP contribution in [0.4, 0.5) is 0 Å². The molecule has 30 heavy (non-hydrogen) atoms. The Morgan fingerprint density at radius 3 is 2.37 bits per heavy atom. The topological polar surface area (TPSA) is 52.0 Å². The molecule has 0 unspecified atom stereocenters. The van der Waals surface area contributed by atoms with Crippen LogP contribution in [0.2, 0.25) is 0 Å². The van der Waals surface area contributed by atoms with E-state index in [2.05, 4.69) is 60.8 Å². The summed E-state index contributed by atoms with van der Waals surface area (Å²) in [7, 11) is 1.68. The van der Waals surface area contributed by atoms with E-state index in [1.165, 1.54) is 16.7 Å². The van der Waals surface area contributed by atoms with Crippen molar-refractivity contribution in [3.05, 3.63) is 101 Å². The second-order valence-electron chi connectivity index (χ2n) is 7.33. The number of hydrogen-bond acceptors (Lipinski definition) is 4. The molecule has 0 bridgehead atoms. The molecule has 0 aliphatic heterocycles. The molecular weight excluding hydrogens is 372 g/mol. The van der Waals surface area contributed by atoms with Crippen molar-refractivity contribution in [1.82, 2.24) is 20.3 Å². The summed E-state index contributed by atoms with van der Waals surface area (Å²) in [5.74, 6) is 0.865. The molecule has 0 saturated carbocycles. The minimum atomic E-state index is 0.643. The molecule has 0 saturated heterocycles. The van der Waals surface area contributed by atoms with Gasteiger partial charge in [-0.3, -0.25) is 0 Å². The first kappa shape index (κ1) is 19.9. The van der Waals surface area contributed by atoms with Crippen LogP contribution in [0.5, 0.6) is 5.75 Å². The van der Waals surface area contributed by atoms with E-state index < -0.39 is 0 Å². The maximum atomic E-state index is 5.23. The Morgan fingerprint density at radius 1 is 0.833 bits per heavy atom. The predicted molar refractivity (Wildman–Crippen MR) is 119 cm³/mol. The fraction of sp³-hybridized carbons (Fsp3) is 0.200. The number of nitrogens with zero attached hydrogens (tertiary/aromatic N) is 3. The highest BCUT2D eigenvalue weighted by Crippen LogP contribution is 2.21. The minimum absolute atomic E-state index is 0.643. The van der Waals surface area contributed by atoms with Crippen LogP contribution in [-0.2, 0) is 19.6 Å². The zero-order valence-corrected chi connectivity index (χ0v) is 17.4. The summed E-state index contributed by atoms with van der Waals surface area (Å²) in [6.45, 7) is 4.15. The molecule has 3 aromatic carbocycles. The van der Waals surface area contributed by atoms with E-state index in [9.17, 15) is 0 Å². The lowest BCUT2D eigenvalue weighted by molar-refractivity contribution is 0.414. The summed E-state index contributed by atoms with van der Waals surface area (Å²) in [6.07, 6.45) is 0. The summed E-state index contributed by atoms with van der Waals surface area (Å²) in [6, 6.07) is 26.8. The second-order valence-corrected chi connectivity index (χ2v) is 7.33. The maximum Gasteiger partial charge on any atom is 0.118 e. The van der Waals surface area contributed by atoms with Gasteiger partial charge < -0.3 is 10.1 Å². The second kappa shape index (κ2) is 9.37. The van der Waals surface area contributed by atoms with Crippen LogP contribution >= 0.6 is 0 Å². The molecule has 0 fully saturated rings. The normalized spacial score (nSPS) is 10.9. The molecule has 0 aliphatic rings. The number of ether oxygens (including phenoxy) is 1. The number of methoxy groups -OCH3 is 1. The average Bonchev–Trinajstić information content (AvgIpc) is 3.17. The molecule has 152 valence electrons. The first-order valence-electron chi connectivity index (χ1n) is 10.1. The summed E-state index contributed by atoms with van der Waals surface area (Å²) in [4.78, 5) is 1.79. The molecule has 1 heterocycles. The van der Waals surface area contributed by atoms with Crippen molar-refractivity contribution < 1.29 is 4.74 Å². The molecule has 0 aliphatic carbocycles. The van der Waals surface area contributed by atoms with Gasteiger partial charge in [0, 0.05) is 18.7 Å². The number of benzene rings is 3. The monoisotopic (exact) mass is 398 g/mol. The van der Waals surface area contributed by atoms with Crippen molar-refractivity contribution in [3.8, 4) is 17.0 Å². The van der Waals surface area contributed by atoms with E-state index in [1.807, 2.05) is 30.3 Å². The van der Waals surface area contributed by atoms with E-state index >= 15 is 0 Å². The van der Waals surface area contributed by atoms with Crippen molar-refractivity contribution in [2.24, 2.45) is 0 Å². The molecule has 4 rings (SSSR count). The standard InChI is InChI=1S/C25H26N4O/c1-19-7-6-8-21(15-19)18-29-27-24(25(28-29)22-9-4-3-5-10-22)17-26-16-20-11-13-23(30-2)14-12-20/h3-15,26H,16-18H2,1-2H3. The van der Waals surface area contributed by atoms with Crippen molar-refractivity contribution in [2.45, 2.75) is 26.6 Å². The minimum Gasteiger partial charge on any atom is -0.497 e. The largest absolute Gasteiger partial charge is 0.497 e. The van der Waals surface area contributed by atoms with Crippen LogP contribution in [-0.4, -0.2) is 22.1 Å². The highest BCUT2D eigenvalue weighted by Gasteiger charge is 2.13. The first-order chi connectivity index (χ1) is 14.7. The molecule has 4 aromatic rings. The summed E-state index contributed by atoms with van der Waals surface area (Å²) in [5.41, 5.74) is 6.58. The van der Waals surface area contributed by atoms with E-state index in [0.29, 0.717) is 13.1 Å². The fourth-order valence-corrected chi connectivity index (χ4v) is 3.43. The van der Waals surface area contributed by atoms with Crippen LogP contribution in [0, 0.1) is 6.92 Å². The van der Waals surface area contributed by atoms with Gasteiger partial charge in [0.25, 0.3) is 0 Å². The zero-order chi connectivity index (χ0) is 20.8. The third-order valence-corrected chi connectivity index (χ3v) is 4.96. The highest BCUT2D eigenvalue weighted by atomic mass is 16.5. The highest BCUT2D eigenvalue weighted by molar-refractivity contribution is 5.60. The van der Waals surface area contributed by atoms with Gasteiger partial charge in [-0.15, -0.1) is 0 Å². The summed E-state index contributed by atoms with van der Waals surface area (Å²) in [5, 5.41) is 13.1. The number of aryl methyl sites for hydroxylation is 1. The number of hydrogen-bond donors (Lipinski definition) is 1. The van der Waals surface area contributed by atoms with Crippen LogP contribution in [0.1, 0.15) is 22.4 Å². The van der Waals surface area contributed by atoms with E-state index in [4.69, 9.17) is 14.9 Å². The van der Waals surface area contributed by atoms with Crippen molar-refractivity contribution in [2.75, 3.05) is 7.11 Å². The Labute approximate surface area is 177 Å². The number of rotatable bonds is 8. The zero-order valence-electron chi connectivity index (χ0n) is 17.4. The van der Waals surface area contributed by atoms with Crippen LogP contribution in [0.25, 0.3) is 11.3 Å². The van der Waals surface area contributed by atoms with Gasteiger partial charge in [0.15, 0.2) is 0 Å². The van der Waals surface area contributed by atoms with Gasteiger partial charge in [-0.2, -0.15) is 15.0 Å². The molecule has 1 N–H and O–H groups in total. The molecule has 5 heteroatoms. The van der Waals surface area contributed by atoms with E-state index in [1.54, 1.807) is 11.9 Å². The van der Waals surface area contributed by atoms with Gasteiger partial charge in [0.1, 0.15) is 17.1 Å². The lowest BCUT2D eigenvalue weighted by Crippen LogP contribution is -2.14. The summed E-state index contributed by atoms with van der Waals surface area (Å²) < 4.78 is 5.23. The average molecular weight is 399 g/mol. The lowest BCUT2D eigenvalue weighted by atomic mass is 10.1. The van der Waals surface area contributed by atoms with Crippen LogP contribution in [0.3, 0.4) is 0 Å². The molecular formula is C25H26N4O. The maximum absolute atomic E-state index is 5.23. The van der Waals surface area contributed by atoms with Crippen molar-refractivity contribution >= 4 is 0 Å². The fourth-order valence-electron chi connectivity index (χ4n) is 3.43. The Balaban J connectivity index is 1.51. The first-order valence-corrected chi connectivity index (χ1v) is 10.1. The Morgan fingerprint density at radius 2 is 1.63 bits per heavy atom. The molecule has 0 spiro atoms. The summed E-state index contributed by atoms with van der Waals surface area (Å²) >= 11 is 0. The molecule has 5 nitrogen and oxygen atoms in total. The molecule has 0 radical (unpaired) electrons. The van der Waals surface area contributed by atoms with E-state index in [-0.39, 0.29) is 0 Å². The van der Waals surface area contributed by atoms with Crippen LogP contribution < -0.4 is 10.1 Å². The van der Waals surface area contributed by atoms with Crippen LogP contribution in [0.15, 0.2) is 78.9 Å². The Bertz CT molecular complexity index is 1090. The van der Waals surface area contributed by atoms with Gasteiger partial charge in [-0.1, -0.05) is 72.3 Å². The van der Waals surface area contributed by atoms with Gasteiger partial charge >= 0.3 is 0 Å². The SMILES string of the molecule is COc1ccc(CNCc2nn(Cc3cccc(C)c3)nc2-c2ccccc2)cc1. The predicted octanol–water partition coefficient (Wildman–Crippen LogP) is 4.60. The third-order valence-electron chi connectivity index (χ3n) is 4.96. The Kier molecular flexibility index (Phi) is 6.20. The quantitative estimate of drug-likeness (QED) is 0.471. The van der Waals surface area contributed by atoms with Gasteiger partial charge in [0.05, 0.1) is 13.7 Å². The van der Waals surface area contributed by atoms with E-state index in [0.717, 1.165) is 29.2 Å². The smallest absolute Gasteiger partial charge is 0.118 e. The van der Waals surface area contributed by atoms with Gasteiger partial charge in [-0.05, 0) is 30.2 Å².